The van der Waals surface area contributed by atoms with E-state index in [1.54, 1.807) is 0 Å². The van der Waals surface area contributed by atoms with Crippen LogP contribution in [0.3, 0.4) is 0 Å². The van der Waals surface area contributed by atoms with Crippen molar-refractivity contribution in [3.05, 3.63) is 12.7 Å². The van der Waals surface area contributed by atoms with Crippen molar-refractivity contribution in [3.8, 4) is 0 Å². The summed E-state index contributed by atoms with van der Waals surface area (Å²) >= 11 is 0. The molecule has 2 rings (SSSR count). The lowest BCUT2D eigenvalue weighted by Crippen LogP contribution is -2.33. The Balaban J connectivity index is 1.73. The summed E-state index contributed by atoms with van der Waals surface area (Å²) in [6, 6.07) is 0.521. The van der Waals surface area contributed by atoms with Crippen LogP contribution in [0.2, 0.25) is 0 Å². The molecule has 90 valence electrons. The van der Waals surface area contributed by atoms with Crippen molar-refractivity contribution in [3.63, 3.8) is 0 Å². The second kappa shape index (κ2) is 5.48. The highest BCUT2D eigenvalue weighted by Gasteiger charge is 2.31. The molecule has 2 fully saturated rings. The SMILES string of the molecule is C=CCN(C(=O)CCC1CCNC1)C1CC1. The minimum Gasteiger partial charge on any atom is -0.336 e. The van der Waals surface area contributed by atoms with Gasteiger partial charge in [-0.3, -0.25) is 4.79 Å². The summed E-state index contributed by atoms with van der Waals surface area (Å²) in [6.07, 6.45) is 7.21. The predicted octanol–water partition coefficient (Wildman–Crippen LogP) is 1.55. The molecule has 3 nitrogen and oxygen atoms in total. The first-order valence-corrected chi connectivity index (χ1v) is 6.42. The van der Waals surface area contributed by atoms with Gasteiger partial charge in [0.25, 0.3) is 0 Å². The zero-order valence-corrected chi connectivity index (χ0v) is 9.95. The molecule has 1 saturated heterocycles. The Morgan fingerprint density at radius 2 is 2.25 bits per heavy atom. The summed E-state index contributed by atoms with van der Waals surface area (Å²) in [7, 11) is 0. The fourth-order valence-corrected chi connectivity index (χ4v) is 2.41. The molecule has 1 unspecified atom stereocenters. The summed E-state index contributed by atoms with van der Waals surface area (Å²) < 4.78 is 0. The van der Waals surface area contributed by atoms with Gasteiger partial charge < -0.3 is 10.2 Å². The van der Waals surface area contributed by atoms with Crippen molar-refractivity contribution in [2.45, 2.75) is 38.1 Å². The third-order valence-corrected chi connectivity index (χ3v) is 3.56. The third-order valence-electron chi connectivity index (χ3n) is 3.56. The lowest BCUT2D eigenvalue weighted by Gasteiger charge is -2.21. The Bertz CT molecular complexity index is 255. The number of carbonyl (C=O) groups is 1. The fourth-order valence-electron chi connectivity index (χ4n) is 2.41. The molecular formula is C13H22N2O. The molecule has 1 saturated carbocycles. The monoisotopic (exact) mass is 222 g/mol. The zero-order chi connectivity index (χ0) is 11.4. The van der Waals surface area contributed by atoms with Gasteiger partial charge in [-0.15, -0.1) is 6.58 Å². The Morgan fingerprint density at radius 1 is 1.44 bits per heavy atom. The molecule has 0 radical (unpaired) electrons. The van der Waals surface area contributed by atoms with Crippen molar-refractivity contribution in [2.75, 3.05) is 19.6 Å². The van der Waals surface area contributed by atoms with Gasteiger partial charge in [0.05, 0.1) is 0 Å². The molecule has 0 aromatic heterocycles. The second-order valence-corrected chi connectivity index (χ2v) is 4.96. The van der Waals surface area contributed by atoms with Gasteiger partial charge in [0.15, 0.2) is 0 Å². The smallest absolute Gasteiger partial charge is 0.223 e. The first-order chi connectivity index (χ1) is 7.81. The number of amides is 1. The quantitative estimate of drug-likeness (QED) is 0.692. The Morgan fingerprint density at radius 3 is 2.81 bits per heavy atom. The maximum atomic E-state index is 12.0. The Kier molecular flexibility index (Phi) is 3.99. The van der Waals surface area contributed by atoms with E-state index in [4.69, 9.17) is 0 Å². The Labute approximate surface area is 97.9 Å². The summed E-state index contributed by atoms with van der Waals surface area (Å²) in [4.78, 5) is 14.0. The van der Waals surface area contributed by atoms with Crippen LogP contribution in [-0.4, -0.2) is 36.5 Å². The number of nitrogens with zero attached hydrogens (tertiary/aromatic N) is 1. The van der Waals surface area contributed by atoms with Crippen LogP contribution in [0, 0.1) is 5.92 Å². The summed E-state index contributed by atoms with van der Waals surface area (Å²) in [6.45, 7) is 6.67. The summed E-state index contributed by atoms with van der Waals surface area (Å²) in [5, 5.41) is 3.34. The predicted molar refractivity (Wildman–Crippen MR) is 65.1 cm³/mol. The van der Waals surface area contributed by atoms with Crippen molar-refractivity contribution in [1.82, 2.24) is 10.2 Å². The third kappa shape index (κ3) is 3.08. The average Bonchev–Trinajstić information content (AvgIpc) is 2.99. The van der Waals surface area contributed by atoms with E-state index in [-0.39, 0.29) is 0 Å². The van der Waals surface area contributed by atoms with Crippen LogP contribution in [0.25, 0.3) is 0 Å². The molecule has 1 heterocycles. The van der Waals surface area contributed by atoms with Gasteiger partial charge in [-0.05, 0) is 44.7 Å². The number of hydrogen-bond acceptors (Lipinski definition) is 2. The van der Waals surface area contributed by atoms with Crippen molar-refractivity contribution in [1.29, 1.82) is 0 Å². The Hall–Kier alpha value is -0.830. The van der Waals surface area contributed by atoms with Gasteiger partial charge in [-0.25, -0.2) is 0 Å². The highest BCUT2D eigenvalue weighted by molar-refractivity contribution is 5.77. The molecule has 3 heteroatoms. The van der Waals surface area contributed by atoms with E-state index in [0.717, 1.165) is 32.5 Å². The number of carbonyl (C=O) groups excluding carboxylic acids is 1. The molecule has 1 aliphatic carbocycles. The van der Waals surface area contributed by atoms with Gasteiger partial charge >= 0.3 is 0 Å². The summed E-state index contributed by atoms with van der Waals surface area (Å²) in [5.41, 5.74) is 0. The first kappa shape index (κ1) is 11.6. The lowest BCUT2D eigenvalue weighted by atomic mass is 10.0. The molecule has 0 spiro atoms. The van der Waals surface area contributed by atoms with Crippen LogP contribution in [0.4, 0.5) is 0 Å². The normalized spacial score (nSPS) is 24.4. The highest BCUT2D eigenvalue weighted by Crippen LogP contribution is 2.28. The molecular weight excluding hydrogens is 200 g/mol. The van der Waals surface area contributed by atoms with E-state index in [1.165, 1.54) is 19.3 Å². The van der Waals surface area contributed by atoms with Crippen LogP contribution < -0.4 is 5.32 Å². The van der Waals surface area contributed by atoms with Crippen molar-refractivity contribution in [2.24, 2.45) is 5.92 Å². The number of hydrogen-bond donors (Lipinski definition) is 1. The fraction of sp³-hybridized carbons (Fsp3) is 0.769. The maximum Gasteiger partial charge on any atom is 0.223 e. The molecule has 1 aliphatic heterocycles. The molecule has 0 aromatic carbocycles. The largest absolute Gasteiger partial charge is 0.336 e. The van der Waals surface area contributed by atoms with Crippen LogP contribution in [0.5, 0.6) is 0 Å². The van der Waals surface area contributed by atoms with Gasteiger partial charge in [-0.2, -0.15) is 0 Å². The van der Waals surface area contributed by atoms with Crippen LogP contribution in [-0.2, 0) is 4.79 Å². The molecule has 1 N–H and O–H groups in total. The van der Waals surface area contributed by atoms with Crippen LogP contribution in [0.1, 0.15) is 32.1 Å². The maximum absolute atomic E-state index is 12.0. The van der Waals surface area contributed by atoms with Crippen LogP contribution in [0.15, 0.2) is 12.7 Å². The van der Waals surface area contributed by atoms with E-state index in [1.807, 2.05) is 11.0 Å². The van der Waals surface area contributed by atoms with E-state index in [9.17, 15) is 4.79 Å². The molecule has 16 heavy (non-hydrogen) atoms. The second-order valence-electron chi connectivity index (χ2n) is 4.96. The molecule has 1 amide bonds. The van der Waals surface area contributed by atoms with Gasteiger partial charge in [0.2, 0.25) is 5.91 Å². The highest BCUT2D eigenvalue weighted by atomic mass is 16.2. The lowest BCUT2D eigenvalue weighted by molar-refractivity contribution is -0.131. The minimum atomic E-state index is 0.328. The zero-order valence-electron chi connectivity index (χ0n) is 9.95. The molecule has 2 aliphatic rings. The summed E-state index contributed by atoms with van der Waals surface area (Å²) in [5.74, 6) is 1.04. The topological polar surface area (TPSA) is 32.3 Å². The number of nitrogens with one attached hydrogen (secondary N) is 1. The minimum absolute atomic E-state index is 0.328. The molecule has 0 aromatic rings. The average molecular weight is 222 g/mol. The molecule has 1 atom stereocenters. The van der Waals surface area contributed by atoms with Gasteiger partial charge in [0, 0.05) is 19.0 Å². The van der Waals surface area contributed by atoms with E-state index < -0.39 is 0 Å². The van der Waals surface area contributed by atoms with E-state index in [2.05, 4.69) is 11.9 Å². The first-order valence-electron chi connectivity index (χ1n) is 6.42. The van der Waals surface area contributed by atoms with E-state index >= 15 is 0 Å². The van der Waals surface area contributed by atoms with Crippen LogP contribution >= 0.6 is 0 Å². The van der Waals surface area contributed by atoms with Gasteiger partial charge in [-0.1, -0.05) is 6.08 Å². The standard InChI is InChI=1S/C13H22N2O/c1-2-9-15(12-4-5-12)13(16)6-3-11-7-8-14-10-11/h2,11-12,14H,1,3-10H2. The van der Waals surface area contributed by atoms with Crippen molar-refractivity contribution >= 4 is 5.91 Å². The van der Waals surface area contributed by atoms with E-state index in [0.29, 0.717) is 17.9 Å². The van der Waals surface area contributed by atoms with Gasteiger partial charge in [0.1, 0.15) is 0 Å². The molecule has 0 bridgehead atoms. The van der Waals surface area contributed by atoms with Crippen molar-refractivity contribution < 1.29 is 4.79 Å². The number of rotatable bonds is 6.